The molecule has 1 aromatic carbocycles. The molecule has 3 saturated heterocycles. The highest BCUT2D eigenvalue weighted by Crippen LogP contribution is 2.30. The second-order valence-corrected chi connectivity index (χ2v) is 7.65. The van der Waals surface area contributed by atoms with Crippen molar-refractivity contribution in [2.75, 3.05) is 25.4 Å². The number of nitrogens with two attached hydrogens (primary N) is 1. The average Bonchev–Trinajstić information content (AvgIpc) is 2.42. The van der Waals surface area contributed by atoms with Gasteiger partial charge >= 0.3 is 0 Å². The Morgan fingerprint density at radius 1 is 1.30 bits per heavy atom. The molecule has 0 spiro atoms. The Labute approximate surface area is 124 Å². The zero-order chi connectivity index (χ0) is 14.3. The zero-order valence-corrected chi connectivity index (χ0v) is 12.6. The summed E-state index contributed by atoms with van der Waals surface area (Å²) < 4.78 is 27.8. The van der Waals surface area contributed by atoms with Gasteiger partial charge in [0.2, 0.25) is 10.0 Å². The van der Waals surface area contributed by atoms with Crippen molar-refractivity contribution < 1.29 is 8.42 Å². The van der Waals surface area contributed by atoms with E-state index in [2.05, 4.69) is 9.62 Å². The minimum atomic E-state index is -3.62. The van der Waals surface area contributed by atoms with Gasteiger partial charge in [0, 0.05) is 18.3 Å². The van der Waals surface area contributed by atoms with Crippen LogP contribution in [0.15, 0.2) is 23.1 Å². The lowest BCUT2D eigenvalue weighted by molar-refractivity contribution is 0.0827. The molecular formula is C13H18ClN3O2S. The number of nitrogens with zero attached hydrogens (tertiary/aromatic N) is 1. The van der Waals surface area contributed by atoms with Crippen molar-refractivity contribution >= 4 is 27.3 Å². The van der Waals surface area contributed by atoms with Crippen LogP contribution < -0.4 is 10.5 Å². The molecule has 7 heteroatoms. The van der Waals surface area contributed by atoms with Crippen molar-refractivity contribution in [2.45, 2.75) is 23.8 Å². The number of piperidine rings is 3. The highest BCUT2D eigenvalue weighted by atomic mass is 35.5. The van der Waals surface area contributed by atoms with Gasteiger partial charge < -0.3 is 10.6 Å². The SMILES string of the molecule is Nc1ccc(Cl)c(S(=O)(=O)NC2CN3CCC2CC3)c1. The number of sulfonamides is 1. The van der Waals surface area contributed by atoms with Gasteiger partial charge in [-0.15, -0.1) is 0 Å². The molecule has 3 heterocycles. The lowest BCUT2D eigenvalue weighted by Gasteiger charge is -2.44. The zero-order valence-electron chi connectivity index (χ0n) is 11.0. The number of fused-ring (bicyclic) bond motifs is 3. The molecule has 4 rings (SSSR count). The molecule has 1 aromatic rings. The van der Waals surface area contributed by atoms with Gasteiger partial charge in [-0.2, -0.15) is 0 Å². The number of anilines is 1. The summed E-state index contributed by atoms with van der Waals surface area (Å²) in [7, 11) is -3.62. The van der Waals surface area contributed by atoms with E-state index >= 15 is 0 Å². The Bertz CT molecular complexity index is 612. The molecular weight excluding hydrogens is 298 g/mol. The average molecular weight is 316 g/mol. The van der Waals surface area contributed by atoms with E-state index in [0.717, 1.165) is 32.5 Å². The van der Waals surface area contributed by atoms with E-state index in [1.54, 1.807) is 6.07 Å². The number of halogens is 1. The predicted molar refractivity (Wildman–Crippen MR) is 79.1 cm³/mol. The van der Waals surface area contributed by atoms with E-state index in [-0.39, 0.29) is 16.0 Å². The van der Waals surface area contributed by atoms with Crippen LogP contribution in [0.3, 0.4) is 0 Å². The summed E-state index contributed by atoms with van der Waals surface area (Å²) in [5.41, 5.74) is 6.05. The maximum absolute atomic E-state index is 12.5. The fourth-order valence-electron chi connectivity index (χ4n) is 3.09. The molecule has 110 valence electrons. The highest BCUT2D eigenvalue weighted by molar-refractivity contribution is 7.89. The molecule has 0 amide bonds. The van der Waals surface area contributed by atoms with Gasteiger partial charge in [0.25, 0.3) is 0 Å². The van der Waals surface area contributed by atoms with Gasteiger partial charge in [-0.1, -0.05) is 11.6 Å². The largest absolute Gasteiger partial charge is 0.399 e. The summed E-state index contributed by atoms with van der Waals surface area (Å²) >= 11 is 5.99. The first kappa shape index (κ1) is 14.1. The molecule has 5 nitrogen and oxygen atoms in total. The molecule has 1 atom stereocenters. The van der Waals surface area contributed by atoms with Crippen LogP contribution in [0.5, 0.6) is 0 Å². The Morgan fingerprint density at radius 3 is 2.60 bits per heavy atom. The summed E-state index contributed by atoms with van der Waals surface area (Å²) in [6, 6.07) is 4.49. The lowest BCUT2D eigenvalue weighted by atomic mass is 9.85. The molecule has 0 radical (unpaired) electrons. The normalized spacial score (nSPS) is 29.6. The third-order valence-corrected chi connectivity index (χ3v) is 6.18. The van der Waals surface area contributed by atoms with E-state index in [1.807, 2.05) is 0 Å². The Balaban J connectivity index is 1.84. The smallest absolute Gasteiger partial charge is 0.242 e. The fourth-order valence-corrected chi connectivity index (χ4v) is 4.92. The molecule has 0 aromatic heterocycles. The first-order valence-electron chi connectivity index (χ1n) is 6.75. The van der Waals surface area contributed by atoms with Crippen molar-refractivity contribution in [3.8, 4) is 0 Å². The van der Waals surface area contributed by atoms with Crippen LogP contribution in [0.4, 0.5) is 5.69 Å². The Kier molecular flexibility index (Phi) is 3.66. The van der Waals surface area contributed by atoms with Crippen LogP contribution >= 0.6 is 11.6 Å². The number of hydrogen-bond donors (Lipinski definition) is 2. The first-order chi connectivity index (χ1) is 9.45. The number of nitrogens with one attached hydrogen (secondary N) is 1. The molecule has 0 aliphatic carbocycles. The van der Waals surface area contributed by atoms with Gasteiger partial charge in [-0.05, 0) is 50.0 Å². The van der Waals surface area contributed by atoms with Crippen LogP contribution in [0.1, 0.15) is 12.8 Å². The van der Waals surface area contributed by atoms with Gasteiger partial charge in [0.05, 0.1) is 5.02 Å². The van der Waals surface area contributed by atoms with Crippen LogP contribution in [0.25, 0.3) is 0 Å². The first-order valence-corrected chi connectivity index (χ1v) is 8.61. The van der Waals surface area contributed by atoms with Crippen molar-refractivity contribution in [3.05, 3.63) is 23.2 Å². The number of nitrogen functional groups attached to an aromatic ring is 1. The highest BCUT2D eigenvalue weighted by Gasteiger charge is 2.36. The Hall–Kier alpha value is -0.820. The van der Waals surface area contributed by atoms with Gasteiger partial charge in [-0.25, -0.2) is 13.1 Å². The Morgan fingerprint density at radius 2 is 2.00 bits per heavy atom. The van der Waals surface area contributed by atoms with E-state index in [1.165, 1.54) is 12.1 Å². The summed E-state index contributed by atoms with van der Waals surface area (Å²) in [5.74, 6) is 0.426. The second-order valence-electron chi connectivity index (χ2n) is 5.56. The molecule has 3 aliphatic heterocycles. The lowest BCUT2D eigenvalue weighted by Crippen LogP contribution is -2.57. The van der Waals surface area contributed by atoms with Crippen molar-refractivity contribution in [2.24, 2.45) is 5.92 Å². The molecule has 2 bridgehead atoms. The maximum atomic E-state index is 12.5. The fraction of sp³-hybridized carbons (Fsp3) is 0.538. The predicted octanol–water partition coefficient (Wildman–Crippen LogP) is 1.29. The molecule has 3 fully saturated rings. The van der Waals surface area contributed by atoms with E-state index in [4.69, 9.17) is 17.3 Å². The summed E-state index contributed by atoms with van der Waals surface area (Å²) in [5, 5.41) is 0.202. The molecule has 0 saturated carbocycles. The molecule has 3 N–H and O–H groups in total. The van der Waals surface area contributed by atoms with Gasteiger partial charge in [0.15, 0.2) is 0 Å². The number of hydrogen-bond acceptors (Lipinski definition) is 4. The van der Waals surface area contributed by atoms with Gasteiger partial charge in [0.1, 0.15) is 4.90 Å². The molecule has 3 aliphatic rings. The molecule has 1 unspecified atom stereocenters. The third kappa shape index (κ3) is 2.65. The topological polar surface area (TPSA) is 75.4 Å². The summed E-state index contributed by atoms with van der Waals surface area (Å²) in [4.78, 5) is 2.37. The van der Waals surface area contributed by atoms with Crippen LogP contribution in [-0.2, 0) is 10.0 Å². The minimum absolute atomic E-state index is 0.0278. The van der Waals surface area contributed by atoms with Crippen molar-refractivity contribution in [3.63, 3.8) is 0 Å². The van der Waals surface area contributed by atoms with E-state index in [9.17, 15) is 8.42 Å². The molecule has 20 heavy (non-hydrogen) atoms. The quantitative estimate of drug-likeness (QED) is 0.824. The van der Waals surface area contributed by atoms with Crippen LogP contribution in [0.2, 0.25) is 5.02 Å². The monoisotopic (exact) mass is 315 g/mol. The number of benzene rings is 1. The maximum Gasteiger partial charge on any atom is 0.242 e. The minimum Gasteiger partial charge on any atom is -0.399 e. The number of rotatable bonds is 3. The van der Waals surface area contributed by atoms with Gasteiger partial charge in [-0.3, -0.25) is 0 Å². The van der Waals surface area contributed by atoms with Crippen molar-refractivity contribution in [1.29, 1.82) is 0 Å². The van der Waals surface area contributed by atoms with E-state index < -0.39 is 10.0 Å². The van der Waals surface area contributed by atoms with Crippen LogP contribution in [0, 0.1) is 5.92 Å². The van der Waals surface area contributed by atoms with E-state index in [0.29, 0.717) is 11.6 Å². The second kappa shape index (κ2) is 5.18. The standard InChI is InChI=1S/C13H18ClN3O2S/c14-11-2-1-10(15)7-13(11)20(18,19)16-12-8-17-5-3-9(12)4-6-17/h1-2,7,9,12,16H,3-6,8,15H2. The third-order valence-electron chi connectivity index (χ3n) is 4.21. The van der Waals surface area contributed by atoms with Crippen molar-refractivity contribution in [1.82, 2.24) is 9.62 Å². The van der Waals surface area contributed by atoms with Crippen LogP contribution in [-0.4, -0.2) is 39.0 Å². The summed E-state index contributed by atoms with van der Waals surface area (Å²) in [6.45, 7) is 2.92. The summed E-state index contributed by atoms with van der Waals surface area (Å²) in [6.07, 6.45) is 2.11.